The first-order chi connectivity index (χ1) is 9.09. The molecule has 1 unspecified atom stereocenters. The van der Waals surface area contributed by atoms with Gasteiger partial charge in [-0.15, -0.1) is 11.3 Å². The minimum atomic E-state index is -2.50. The first kappa shape index (κ1) is 13.4. The molecule has 19 heavy (non-hydrogen) atoms. The molecule has 2 N–H and O–H groups in total. The van der Waals surface area contributed by atoms with Gasteiger partial charge in [0.05, 0.1) is 11.0 Å². The van der Waals surface area contributed by atoms with Crippen molar-refractivity contribution in [3.05, 3.63) is 16.1 Å². The molecule has 2 aliphatic rings. The smallest absolute Gasteiger partial charge is 0.250 e. The fourth-order valence-electron chi connectivity index (χ4n) is 2.58. The van der Waals surface area contributed by atoms with E-state index >= 15 is 0 Å². The minimum Gasteiger partial charge on any atom is -0.329 e. The van der Waals surface area contributed by atoms with E-state index in [1.807, 2.05) is 6.20 Å². The highest BCUT2D eigenvalue weighted by molar-refractivity contribution is 7.11. The molecule has 1 aromatic rings. The quantitative estimate of drug-likeness (QED) is 0.926. The van der Waals surface area contributed by atoms with Crippen molar-refractivity contribution >= 4 is 11.3 Å². The lowest BCUT2D eigenvalue weighted by Gasteiger charge is -2.36. The third kappa shape index (κ3) is 2.95. The molecule has 0 aromatic carbocycles. The Bertz CT molecular complexity index is 435. The topological polar surface area (TPSA) is 42.1 Å². The zero-order valence-electron chi connectivity index (χ0n) is 10.8. The van der Waals surface area contributed by atoms with Crippen LogP contribution in [0.15, 0.2) is 6.20 Å². The van der Waals surface area contributed by atoms with Crippen LogP contribution in [-0.4, -0.2) is 35.4 Å². The van der Waals surface area contributed by atoms with Crippen LogP contribution in [-0.2, 0) is 0 Å². The number of likely N-dealkylation sites (tertiary alicyclic amines) is 1. The number of nitrogens with two attached hydrogens (primary N) is 1. The van der Waals surface area contributed by atoms with Crippen LogP contribution in [0.2, 0.25) is 0 Å². The Kier molecular flexibility index (Phi) is 3.57. The molecule has 1 saturated carbocycles. The summed E-state index contributed by atoms with van der Waals surface area (Å²) in [5.74, 6) is -1.86. The summed E-state index contributed by atoms with van der Waals surface area (Å²) < 4.78 is 26.4. The van der Waals surface area contributed by atoms with Crippen LogP contribution in [0.3, 0.4) is 0 Å². The lowest BCUT2D eigenvalue weighted by atomic mass is 10.0. The summed E-state index contributed by atoms with van der Waals surface area (Å²) in [6.45, 7) is 1.31. The number of halogens is 2. The lowest BCUT2D eigenvalue weighted by Crippen LogP contribution is -2.43. The summed E-state index contributed by atoms with van der Waals surface area (Å²) in [5, 5.41) is 1.19. The van der Waals surface area contributed by atoms with E-state index in [2.05, 4.69) is 9.88 Å². The fraction of sp³-hybridized carbons (Fsp3) is 0.769. The molecule has 6 heteroatoms. The Balaban J connectivity index is 1.69. The predicted octanol–water partition coefficient (Wildman–Crippen LogP) is 2.75. The van der Waals surface area contributed by atoms with Gasteiger partial charge in [0, 0.05) is 49.5 Å². The highest BCUT2D eigenvalue weighted by Crippen LogP contribution is 2.43. The SMILES string of the molecule is NCC(c1cnc(C2CC2)s1)N1CCC(F)(F)CC1. The Morgan fingerprint density at radius 2 is 2.11 bits per heavy atom. The van der Waals surface area contributed by atoms with Gasteiger partial charge in [0.2, 0.25) is 0 Å². The molecule has 106 valence electrons. The highest BCUT2D eigenvalue weighted by atomic mass is 32.1. The molecular weight excluding hydrogens is 268 g/mol. The number of hydrogen-bond donors (Lipinski definition) is 1. The summed E-state index contributed by atoms with van der Waals surface area (Å²) in [7, 11) is 0. The first-order valence-corrected chi connectivity index (χ1v) is 7.68. The molecule has 0 spiro atoms. The second-order valence-electron chi connectivity index (χ2n) is 5.52. The van der Waals surface area contributed by atoms with Crippen molar-refractivity contribution in [2.45, 2.75) is 43.6 Å². The van der Waals surface area contributed by atoms with Crippen molar-refractivity contribution in [1.29, 1.82) is 0 Å². The lowest BCUT2D eigenvalue weighted by molar-refractivity contribution is -0.0625. The van der Waals surface area contributed by atoms with Gasteiger partial charge in [-0.25, -0.2) is 13.8 Å². The number of rotatable bonds is 4. The maximum absolute atomic E-state index is 13.2. The second-order valence-corrected chi connectivity index (χ2v) is 6.61. The molecule has 2 fully saturated rings. The molecular formula is C13H19F2N3S. The summed E-state index contributed by atoms with van der Waals surface area (Å²) in [5.41, 5.74) is 5.85. The van der Waals surface area contributed by atoms with E-state index in [1.165, 1.54) is 17.8 Å². The number of alkyl halides is 2. The monoisotopic (exact) mass is 287 g/mol. The van der Waals surface area contributed by atoms with E-state index in [-0.39, 0.29) is 18.9 Å². The first-order valence-electron chi connectivity index (χ1n) is 6.86. The molecule has 3 nitrogen and oxygen atoms in total. The summed E-state index contributed by atoms with van der Waals surface area (Å²) in [6.07, 6.45) is 4.24. The summed E-state index contributed by atoms with van der Waals surface area (Å²) in [6, 6.07) is 0.0566. The number of nitrogens with zero attached hydrogens (tertiary/aromatic N) is 2. The van der Waals surface area contributed by atoms with E-state index in [9.17, 15) is 8.78 Å². The third-order valence-corrected chi connectivity index (χ3v) is 5.25. The number of hydrogen-bond acceptors (Lipinski definition) is 4. The Morgan fingerprint density at radius 1 is 1.42 bits per heavy atom. The summed E-state index contributed by atoms with van der Waals surface area (Å²) in [4.78, 5) is 7.68. The molecule has 0 radical (unpaired) electrons. The molecule has 1 aliphatic heterocycles. The van der Waals surface area contributed by atoms with E-state index in [0.717, 1.165) is 4.88 Å². The zero-order valence-corrected chi connectivity index (χ0v) is 11.6. The van der Waals surface area contributed by atoms with Crippen molar-refractivity contribution in [1.82, 2.24) is 9.88 Å². The van der Waals surface area contributed by atoms with Gasteiger partial charge >= 0.3 is 0 Å². The number of thiazole rings is 1. The van der Waals surface area contributed by atoms with Crippen LogP contribution in [0.1, 0.15) is 47.5 Å². The van der Waals surface area contributed by atoms with Gasteiger partial charge in [-0.1, -0.05) is 0 Å². The molecule has 1 saturated heterocycles. The molecule has 2 heterocycles. The van der Waals surface area contributed by atoms with Crippen molar-refractivity contribution in [2.24, 2.45) is 5.73 Å². The van der Waals surface area contributed by atoms with E-state index < -0.39 is 5.92 Å². The van der Waals surface area contributed by atoms with Gasteiger partial charge in [-0.05, 0) is 12.8 Å². The van der Waals surface area contributed by atoms with Gasteiger partial charge in [0.25, 0.3) is 5.92 Å². The predicted molar refractivity (Wildman–Crippen MR) is 71.6 cm³/mol. The Morgan fingerprint density at radius 3 is 2.68 bits per heavy atom. The molecule has 1 aliphatic carbocycles. The number of aromatic nitrogens is 1. The summed E-state index contributed by atoms with van der Waals surface area (Å²) >= 11 is 1.71. The largest absolute Gasteiger partial charge is 0.329 e. The minimum absolute atomic E-state index is 0.0566. The third-order valence-electron chi connectivity index (χ3n) is 3.99. The molecule has 0 amide bonds. The van der Waals surface area contributed by atoms with E-state index in [4.69, 9.17) is 5.73 Å². The van der Waals surface area contributed by atoms with Gasteiger partial charge in [-0.2, -0.15) is 0 Å². The highest BCUT2D eigenvalue weighted by Gasteiger charge is 2.37. The molecule has 1 atom stereocenters. The second kappa shape index (κ2) is 5.07. The maximum Gasteiger partial charge on any atom is 0.250 e. The maximum atomic E-state index is 13.2. The zero-order chi connectivity index (χ0) is 13.5. The molecule has 3 rings (SSSR count). The van der Waals surface area contributed by atoms with E-state index in [1.54, 1.807) is 11.3 Å². The average Bonchev–Trinajstić information content (AvgIpc) is 3.12. The average molecular weight is 287 g/mol. The van der Waals surface area contributed by atoms with Crippen molar-refractivity contribution in [2.75, 3.05) is 19.6 Å². The fourth-order valence-corrected chi connectivity index (χ4v) is 3.82. The van der Waals surface area contributed by atoms with Crippen LogP contribution < -0.4 is 5.73 Å². The van der Waals surface area contributed by atoms with Crippen LogP contribution in [0, 0.1) is 0 Å². The van der Waals surface area contributed by atoms with Gasteiger partial charge < -0.3 is 5.73 Å². The Hall–Kier alpha value is -0.590. The van der Waals surface area contributed by atoms with Gasteiger partial charge in [-0.3, -0.25) is 4.90 Å². The van der Waals surface area contributed by atoms with Crippen molar-refractivity contribution in [3.8, 4) is 0 Å². The van der Waals surface area contributed by atoms with Crippen LogP contribution in [0.5, 0.6) is 0 Å². The Labute approximate surface area is 115 Å². The van der Waals surface area contributed by atoms with E-state index in [0.29, 0.717) is 25.6 Å². The van der Waals surface area contributed by atoms with Gasteiger partial charge in [0.15, 0.2) is 0 Å². The molecule has 1 aromatic heterocycles. The normalized spacial score (nSPS) is 25.4. The van der Waals surface area contributed by atoms with Crippen LogP contribution >= 0.6 is 11.3 Å². The van der Waals surface area contributed by atoms with Gasteiger partial charge in [0.1, 0.15) is 0 Å². The van der Waals surface area contributed by atoms with Crippen LogP contribution in [0.25, 0.3) is 0 Å². The molecule has 0 bridgehead atoms. The van der Waals surface area contributed by atoms with Crippen molar-refractivity contribution < 1.29 is 8.78 Å². The standard InChI is InChI=1S/C13H19F2N3S/c14-13(15)3-5-18(6-4-13)10(7-16)11-8-17-12(19-11)9-1-2-9/h8-10H,1-7,16H2. The van der Waals surface area contributed by atoms with Crippen LogP contribution in [0.4, 0.5) is 8.78 Å². The number of piperidine rings is 1. The van der Waals surface area contributed by atoms with Crippen molar-refractivity contribution in [3.63, 3.8) is 0 Å².